The Morgan fingerprint density at radius 3 is 2.35 bits per heavy atom. The van der Waals surface area contributed by atoms with Crippen LogP contribution < -0.4 is 5.73 Å². The van der Waals surface area contributed by atoms with Crippen LogP contribution in [0.2, 0.25) is 0 Å². The average Bonchev–Trinajstić information content (AvgIpc) is 2.27. The third kappa shape index (κ3) is 2.06. The van der Waals surface area contributed by atoms with Gasteiger partial charge in [-0.1, -0.05) is 30.3 Å². The Labute approximate surface area is 95.5 Å². The Morgan fingerprint density at radius 2 is 1.71 bits per heavy atom. The summed E-state index contributed by atoms with van der Waals surface area (Å²) in [4.78, 5) is 0. The van der Waals surface area contributed by atoms with Gasteiger partial charge < -0.3 is 10.8 Å². The zero-order valence-electron chi connectivity index (χ0n) is 8.70. The van der Waals surface area contributed by atoms with Crippen molar-refractivity contribution in [1.82, 2.24) is 0 Å². The van der Waals surface area contributed by atoms with E-state index >= 15 is 0 Å². The lowest BCUT2D eigenvalue weighted by Crippen LogP contribution is -2.28. The molecule has 5 heteroatoms. The Bertz CT molecular complexity index is 551. The van der Waals surface area contributed by atoms with Crippen LogP contribution in [0.1, 0.15) is 11.6 Å². The van der Waals surface area contributed by atoms with E-state index in [1.165, 1.54) is 12.1 Å². The van der Waals surface area contributed by atoms with Crippen LogP contribution in [-0.2, 0) is 0 Å². The van der Waals surface area contributed by atoms with Crippen molar-refractivity contribution in [2.45, 2.75) is 12.2 Å². The van der Waals surface area contributed by atoms with E-state index < -0.39 is 18.0 Å². The SMILES string of the molecule is N[C@H](c1c(O)ccc2ccccc12)C(F)(F)F. The number of aromatic hydroxyl groups is 1. The predicted molar refractivity (Wildman–Crippen MR) is 58.6 cm³/mol. The fraction of sp³-hybridized carbons (Fsp3) is 0.167. The second-order valence-corrected chi connectivity index (χ2v) is 3.74. The van der Waals surface area contributed by atoms with Gasteiger partial charge >= 0.3 is 6.18 Å². The maximum atomic E-state index is 12.6. The molecule has 0 radical (unpaired) electrons. The van der Waals surface area contributed by atoms with E-state index in [1.54, 1.807) is 24.3 Å². The predicted octanol–water partition coefficient (Wildman–Crippen LogP) is 3.11. The van der Waals surface area contributed by atoms with Gasteiger partial charge in [-0.3, -0.25) is 0 Å². The van der Waals surface area contributed by atoms with Crippen LogP contribution >= 0.6 is 0 Å². The molecule has 0 aliphatic carbocycles. The largest absolute Gasteiger partial charge is 0.508 e. The number of hydrogen-bond acceptors (Lipinski definition) is 2. The summed E-state index contributed by atoms with van der Waals surface area (Å²) in [5.74, 6) is -0.437. The zero-order chi connectivity index (χ0) is 12.6. The summed E-state index contributed by atoms with van der Waals surface area (Å²) in [7, 11) is 0. The van der Waals surface area contributed by atoms with Crippen LogP contribution in [0.5, 0.6) is 5.75 Å². The Morgan fingerprint density at radius 1 is 1.06 bits per heavy atom. The van der Waals surface area contributed by atoms with Crippen molar-refractivity contribution in [3.8, 4) is 5.75 Å². The highest BCUT2D eigenvalue weighted by atomic mass is 19.4. The van der Waals surface area contributed by atoms with E-state index in [1.807, 2.05) is 0 Å². The van der Waals surface area contributed by atoms with Gasteiger partial charge in [0.1, 0.15) is 11.8 Å². The van der Waals surface area contributed by atoms with E-state index in [4.69, 9.17) is 5.73 Å². The highest BCUT2D eigenvalue weighted by Gasteiger charge is 2.40. The standard InChI is InChI=1S/C12H10F3NO/c13-12(14,15)11(16)10-8-4-2-1-3-7(8)5-6-9(10)17/h1-6,11,17H,16H2/t11-/m1/s1. The first-order valence-corrected chi connectivity index (χ1v) is 4.94. The first-order valence-electron chi connectivity index (χ1n) is 4.94. The van der Waals surface area contributed by atoms with Crippen LogP contribution in [-0.4, -0.2) is 11.3 Å². The minimum atomic E-state index is -4.58. The van der Waals surface area contributed by atoms with Gasteiger partial charge in [0.25, 0.3) is 0 Å². The molecule has 2 aromatic rings. The number of phenolic OH excluding ortho intramolecular Hbond substituents is 1. The topological polar surface area (TPSA) is 46.2 Å². The number of halogens is 3. The number of nitrogens with two attached hydrogens (primary N) is 1. The summed E-state index contributed by atoms with van der Waals surface area (Å²) in [6.07, 6.45) is -4.58. The maximum Gasteiger partial charge on any atom is 0.407 e. The fourth-order valence-electron chi connectivity index (χ4n) is 1.77. The molecule has 2 nitrogen and oxygen atoms in total. The molecule has 0 fully saturated rings. The summed E-state index contributed by atoms with van der Waals surface area (Å²) >= 11 is 0. The van der Waals surface area contributed by atoms with Crippen molar-refractivity contribution in [3.63, 3.8) is 0 Å². The minimum Gasteiger partial charge on any atom is -0.508 e. The van der Waals surface area contributed by atoms with E-state index in [0.717, 1.165) is 0 Å². The van der Waals surface area contributed by atoms with Crippen molar-refractivity contribution < 1.29 is 18.3 Å². The summed E-state index contributed by atoms with van der Waals surface area (Å²) in [5, 5.41) is 10.5. The van der Waals surface area contributed by atoms with Gasteiger partial charge in [0.15, 0.2) is 0 Å². The molecule has 0 amide bonds. The van der Waals surface area contributed by atoms with Gasteiger partial charge in [0.2, 0.25) is 0 Å². The van der Waals surface area contributed by atoms with Crippen molar-refractivity contribution in [1.29, 1.82) is 0 Å². The fourth-order valence-corrected chi connectivity index (χ4v) is 1.77. The third-order valence-corrected chi connectivity index (χ3v) is 2.61. The molecule has 1 atom stereocenters. The van der Waals surface area contributed by atoms with Crippen LogP contribution in [0.15, 0.2) is 36.4 Å². The highest BCUT2D eigenvalue weighted by Crippen LogP contribution is 2.39. The number of rotatable bonds is 1. The minimum absolute atomic E-state index is 0.282. The second kappa shape index (κ2) is 3.92. The van der Waals surface area contributed by atoms with E-state index in [-0.39, 0.29) is 5.56 Å². The van der Waals surface area contributed by atoms with Gasteiger partial charge in [-0.05, 0) is 16.8 Å². The van der Waals surface area contributed by atoms with Crippen LogP contribution in [0.25, 0.3) is 10.8 Å². The molecule has 90 valence electrons. The molecule has 0 saturated heterocycles. The third-order valence-electron chi connectivity index (χ3n) is 2.61. The molecule has 3 N–H and O–H groups in total. The smallest absolute Gasteiger partial charge is 0.407 e. The van der Waals surface area contributed by atoms with E-state index in [2.05, 4.69) is 0 Å². The molecular weight excluding hydrogens is 231 g/mol. The van der Waals surface area contributed by atoms with Crippen LogP contribution in [0.4, 0.5) is 13.2 Å². The van der Waals surface area contributed by atoms with Crippen LogP contribution in [0, 0.1) is 0 Å². The quantitative estimate of drug-likeness (QED) is 0.805. The molecule has 0 aromatic heterocycles. The second-order valence-electron chi connectivity index (χ2n) is 3.74. The molecule has 0 bridgehead atoms. The number of hydrogen-bond donors (Lipinski definition) is 2. The first-order chi connectivity index (χ1) is 7.91. The molecule has 0 aliphatic heterocycles. The Hall–Kier alpha value is -1.75. The maximum absolute atomic E-state index is 12.6. The van der Waals surface area contributed by atoms with E-state index in [9.17, 15) is 18.3 Å². The molecule has 2 aromatic carbocycles. The average molecular weight is 241 g/mol. The molecule has 0 saturated carbocycles. The summed E-state index contributed by atoms with van der Waals surface area (Å²) < 4.78 is 37.8. The Balaban J connectivity index is 2.71. The highest BCUT2D eigenvalue weighted by molar-refractivity contribution is 5.88. The van der Waals surface area contributed by atoms with Crippen molar-refractivity contribution >= 4 is 10.8 Å². The molecule has 2 rings (SSSR count). The van der Waals surface area contributed by atoms with Crippen molar-refractivity contribution in [3.05, 3.63) is 42.0 Å². The summed E-state index contributed by atoms with van der Waals surface area (Å²) in [6.45, 7) is 0. The summed E-state index contributed by atoms with van der Waals surface area (Å²) in [6, 6.07) is 7.09. The number of benzene rings is 2. The van der Waals surface area contributed by atoms with Crippen molar-refractivity contribution in [2.24, 2.45) is 5.73 Å². The molecule has 0 spiro atoms. The van der Waals surface area contributed by atoms with Gasteiger partial charge in [-0.25, -0.2) is 0 Å². The van der Waals surface area contributed by atoms with Gasteiger partial charge in [0, 0.05) is 5.56 Å². The molecule has 17 heavy (non-hydrogen) atoms. The lowest BCUT2D eigenvalue weighted by atomic mass is 9.98. The van der Waals surface area contributed by atoms with Gasteiger partial charge in [0.05, 0.1) is 0 Å². The zero-order valence-corrected chi connectivity index (χ0v) is 8.70. The van der Waals surface area contributed by atoms with Crippen molar-refractivity contribution in [2.75, 3.05) is 0 Å². The van der Waals surface area contributed by atoms with E-state index in [0.29, 0.717) is 10.8 Å². The molecule has 0 unspecified atom stereocenters. The normalized spacial score (nSPS) is 13.9. The lowest BCUT2D eigenvalue weighted by molar-refractivity contribution is -0.149. The van der Waals surface area contributed by atoms with Gasteiger partial charge in [-0.2, -0.15) is 13.2 Å². The monoisotopic (exact) mass is 241 g/mol. The number of fused-ring (bicyclic) bond motifs is 1. The van der Waals surface area contributed by atoms with Gasteiger partial charge in [-0.15, -0.1) is 0 Å². The lowest BCUT2D eigenvalue weighted by Gasteiger charge is -2.19. The molecule has 0 aliphatic rings. The Kier molecular flexibility index (Phi) is 2.71. The number of phenols is 1. The van der Waals surface area contributed by atoms with Crippen LogP contribution in [0.3, 0.4) is 0 Å². The first kappa shape index (κ1) is 11.7. The summed E-state index contributed by atoms with van der Waals surface area (Å²) in [5.41, 5.74) is 4.87. The number of alkyl halides is 3. The molecular formula is C12H10F3NO. The molecule has 0 heterocycles.